The Bertz CT molecular complexity index is 572. The quantitative estimate of drug-likeness (QED) is 0.721. The minimum absolute atomic E-state index is 0.243. The van der Waals surface area contributed by atoms with Crippen molar-refractivity contribution in [3.8, 4) is 5.75 Å². The SMILES string of the molecule is COc1ccc(C(Cl)Cc2ccccc2F)cc1Cl. The maximum Gasteiger partial charge on any atom is 0.137 e. The summed E-state index contributed by atoms with van der Waals surface area (Å²) < 4.78 is 18.6. The van der Waals surface area contributed by atoms with Crippen molar-refractivity contribution >= 4 is 23.2 Å². The Hall–Kier alpha value is -1.25. The Labute approximate surface area is 121 Å². The van der Waals surface area contributed by atoms with Crippen molar-refractivity contribution in [2.75, 3.05) is 7.11 Å². The summed E-state index contributed by atoms with van der Waals surface area (Å²) >= 11 is 12.4. The molecule has 0 aliphatic carbocycles. The zero-order valence-corrected chi connectivity index (χ0v) is 11.9. The molecule has 0 aliphatic rings. The molecule has 0 aliphatic heterocycles. The lowest BCUT2D eigenvalue weighted by molar-refractivity contribution is 0.415. The number of alkyl halides is 1. The highest BCUT2D eigenvalue weighted by molar-refractivity contribution is 6.32. The average Bonchev–Trinajstić information content (AvgIpc) is 2.41. The number of hydrogen-bond acceptors (Lipinski definition) is 1. The second kappa shape index (κ2) is 6.27. The first-order chi connectivity index (χ1) is 9.11. The molecule has 2 aromatic carbocycles. The van der Waals surface area contributed by atoms with Crippen molar-refractivity contribution in [2.24, 2.45) is 0 Å². The summed E-state index contributed by atoms with van der Waals surface area (Å²) in [7, 11) is 1.55. The van der Waals surface area contributed by atoms with Crippen LogP contribution in [0.25, 0.3) is 0 Å². The molecule has 0 spiro atoms. The maximum atomic E-state index is 13.6. The van der Waals surface area contributed by atoms with E-state index in [2.05, 4.69) is 0 Å². The van der Waals surface area contributed by atoms with E-state index in [1.54, 1.807) is 37.4 Å². The number of ether oxygens (including phenoxy) is 1. The summed E-state index contributed by atoms with van der Waals surface area (Å²) in [6, 6.07) is 12.0. The molecule has 4 heteroatoms. The smallest absolute Gasteiger partial charge is 0.137 e. The number of halogens is 3. The van der Waals surface area contributed by atoms with Crippen LogP contribution in [0.2, 0.25) is 5.02 Å². The van der Waals surface area contributed by atoms with Gasteiger partial charge in [0.05, 0.1) is 17.5 Å². The first-order valence-electron chi connectivity index (χ1n) is 5.82. The van der Waals surface area contributed by atoms with Crippen LogP contribution in [0.3, 0.4) is 0 Å². The minimum Gasteiger partial charge on any atom is -0.495 e. The van der Waals surface area contributed by atoms with Crippen molar-refractivity contribution in [1.29, 1.82) is 0 Å². The first-order valence-corrected chi connectivity index (χ1v) is 6.64. The molecule has 1 atom stereocenters. The van der Waals surface area contributed by atoms with Gasteiger partial charge in [-0.3, -0.25) is 0 Å². The highest BCUT2D eigenvalue weighted by atomic mass is 35.5. The van der Waals surface area contributed by atoms with E-state index in [9.17, 15) is 4.39 Å². The average molecular weight is 299 g/mol. The van der Waals surface area contributed by atoms with Crippen LogP contribution in [0, 0.1) is 5.82 Å². The van der Waals surface area contributed by atoms with E-state index in [1.165, 1.54) is 6.07 Å². The van der Waals surface area contributed by atoms with E-state index in [0.29, 0.717) is 22.8 Å². The Morgan fingerprint density at radius 3 is 2.58 bits per heavy atom. The van der Waals surface area contributed by atoms with E-state index in [-0.39, 0.29) is 11.2 Å². The molecule has 100 valence electrons. The van der Waals surface area contributed by atoms with Crippen molar-refractivity contribution < 1.29 is 9.13 Å². The van der Waals surface area contributed by atoms with Crippen LogP contribution in [-0.4, -0.2) is 7.11 Å². The minimum atomic E-state index is -0.333. The molecule has 0 saturated heterocycles. The number of methoxy groups -OCH3 is 1. The molecule has 0 amide bonds. The summed E-state index contributed by atoms with van der Waals surface area (Å²) in [4.78, 5) is 0. The lowest BCUT2D eigenvalue weighted by atomic mass is 10.0. The molecular formula is C15H13Cl2FO. The zero-order valence-electron chi connectivity index (χ0n) is 10.4. The Kier molecular flexibility index (Phi) is 4.67. The van der Waals surface area contributed by atoms with Gasteiger partial charge in [-0.15, -0.1) is 11.6 Å². The van der Waals surface area contributed by atoms with Gasteiger partial charge in [-0.25, -0.2) is 4.39 Å². The van der Waals surface area contributed by atoms with Crippen molar-refractivity contribution in [2.45, 2.75) is 11.8 Å². The second-order valence-electron chi connectivity index (χ2n) is 4.16. The van der Waals surface area contributed by atoms with E-state index in [4.69, 9.17) is 27.9 Å². The molecule has 0 radical (unpaired) electrons. The van der Waals surface area contributed by atoms with Crippen LogP contribution in [0.15, 0.2) is 42.5 Å². The van der Waals surface area contributed by atoms with Crippen molar-refractivity contribution in [3.63, 3.8) is 0 Å². The summed E-state index contributed by atoms with van der Waals surface area (Å²) in [6.07, 6.45) is 0.414. The zero-order chi connectivity index (χ0) is 13.8. The molecule has 0 fully saturated rings. The van der Waals surface area contributed by atoms with Crippen LogP contribution in [0.5, 0.6) is 5.75 Å². The predicted molar refractivity (Wildman–Crippen MR) is 76.7 cm³/mol. The number of benzene rings is 2. The van der Waals surface area contributed by atoms with Gasteiger partial charge in [0.25, 0.3) is 0 Å². The van der Waals surface area contributed by atoms with Crippen LogP contribution in [0.1, 0.15) is 16.5 Å². The second-order valence-corrected chi connectivity index (χ2v) is 5.09. The standard InChI is InChI=1S/C15H13Cl2FO/c1-19-15-7-6-10(8-13(15)17)12(16)9-11-4-2-3-5-14(11)18/h2-8,12H,9H2,1H3. The molecule has 2 aromatic rings. The van der Waals surface area contributed by atoms with Gasteiger partial charge in [-0.2, -0.15) is 0 Å². The Morgan fingerprint density at radius 2 is 1.95 bits per heavy atom. The normalized spacial score (nSPS) is 12.2. The van der Waals surface area contributed by atoms with Gasteiger partial charge in [0, 0.05) is 0 Å². The van der Waals surface area contributed by atoms with Crippen molar-refractivity contribution in [3.05, 3.63) is 64.4 Å². The van der Waals surface area contributed by atoms with Crippen molar-refractivity contribution in [1.82, 2.24) is 0 Å². The van der Waals surface area contributed by atoms with E-state index < -0.39 is 0 Å². The Morgan fingerprint density at radius 1 is 1.21 bits per heavy atom. The van der Waals surface area contributed by atoms with Crippen LogP contribution in [0.4, 0.5) is 4.39 Å². The molecule has 19 heavy (non-hydrogen) atoms. The topological polar surface area (TPSA) is 9.23 Å². The number of rotatable bonds is 4. The third kappa shape index (κ3) is 3.40. The van der Waals surface area contributed by atoms with Gasteiger partial charge >= 0.3 is 0 Å². The summed E-state index contributed by atoms with van der Waals surface area (Å²) in [5.74, 6) is 0.355. The molecule has 0 bridgehead atoms. The fourth-order valence-corrected chi connectivity index (χ4v) is 2.42. The predicted octanol–water partition coefficient (Wildman–Crippen LogP) is 5.01. The van der Waals surface area contributed by atoms with Crippen LogP contribution >= 0.6 is 23.2 Å². The van der Waals surface area contributed by atoms with Gasteiger partial charge in [0.1, 0.15) is 11.6 Å². The van der Waals surface area contributed by atoms with Gasteiger partial charge < -0.3 is 4.74 Å². The first kappa shape index (κ1) is 14.2. The van der Waals surface area contributed by atoms with Crippen LogP contribution in [-0.2, 0) is 6.42 Å². The summed E-state index contributed by atoms with van der Waals surface area (Å²) in [6.45, 7) is 0. The van der Waals surface area contributed by atoms with Gasteiger partial charge in [0.2, 0.25) is 0 Å². The Balaban J connectivity index is 2.18. The monoisotopic (exact) mass is 298 g/mol. The van der Waals surface area contributed by atoms with Crippen LogP contribution < -0.4 is 4.74 Å². The summed E-state index contributed by atoms with van der Waals surface area (Å²) in [5.41, 5.74) is 1.44. The third-order valence-corrected chi connectivity index (χ3v) is 3.60. The third-order valence-electron chi connectivity index (χ3n) is 2.89. The molecular weight excluding hydrogens is 286 g/mol. The molecule has 0 aromatic heterocycles. The maximum absolute atomic E-state index is 13.6. The molecule has 1 nitrogen and oxygen atoms in total. The molecule has 0 saturated carbocycles. The highest BCUT2D eigenvalue weighted by Gasteiger charge is 2.13. The summed E-state index contributed by atoms with van der Waals surface area (Å²) in [5, 5.41) is 0.166. The molecule has 0 N–H and O–H groups in total. The van der Waals surface area contributed by atoms with Gasteiger partial charge in [-0.05, 0) is 35.7 Å². The number of hydrogen-bond donors (Lipinski definition) is 0. The molecule has 2 rings (SSSR count). The lowest BCUT2D eigenvalue weighted by Crippen LogP contribution is -1.99. The fourth-order valence-electron chi connectivity index (χ4n) is 1.85. The molecule has 0 heterocycles. The highest BCUT2D eigenvalue weighted by Crippen LogP contribution is 2.32. The lowest BCUT2D eigenvalue weighted by Gasteiger charge is -2.12. The van der Waals surface area contributed by atoms with E-state index in [1.807, 2.05) is 6.07 Å². The van der Waals surface area contributed by atoms with E-state index >= 15 is 0 Å². The largest absolute Gasteiger partial charge is 0.495 e. The fraction of sp³-hybridized carbons (Fsp3) is 0.200. The van der Waals surface area contributed by atoms with Gasteiger partial charge in [0.15, 0.2) is 0 Å². The van der Waals surface area contributed by atoms with E-state index in [0.717, 1.165) is 5.56 Å². The van der Waals surface area contributed by atoms with Gasteiger partial charge in [-0.1, -0.05) is 35.9 Å². The molecule has 1 unspecified atom stereocenters.